The van der Waals surface area contributed by atoms with Crippen molar-refractivity contribution in [1.29, 1.82) is 0 Å². The van der Waals surface area contributed by atoms with Crippen LogP contribution in [0.5, 0.6) is 11.8 Å². The molecule has 2 atom stereocenters. The average molecular weight is 646 g/mol. The number of rotatable bonds is 10. The zero-order valence-corrected chi connectivity index (χ0v) is 26.9. The highest BCUT2D eigenvalue weighted by Crippen LogP contribution is 2.42. The molecule has 4 heterocycles. The number of pyridine rings is 1. The summed E-state index contributed by atoms with van der Waals surface area (Å²) in [6.45, 7) is 2.73. The zero-order chi connectivity index (χ0) is 31.5. The van der Waals surface area contributed by atoms with Crippen LogP contribution in [0.25, 0.3) is 33.6 Å². The minimum absolute atomic E-state index is 0.140. The molecular weight excluding hydrogens is 611 g/mol. The van der Waals surface area contributed by atoms with Crippen molar-refractivity contribution in [2.45, 2.75) is 51.1 Å². The molecule has 4 aromatic rings. The van der Waals surface area contributed by atoms with Crippen LogP contribution in [0.2, 0.25) is 10.0 Å². The molecule has 0 aliphatic carbocycles. The molecule has 0 unspecified atom stereocenters. The molecular formula is C34H34Cl2N6O3. The van der Waals surface area contributed by atoms with Crippen LogP contribution in [0.15, 0.2) is 59.7 Å². The van der Waals surface area contributed by atoms with E-state index in [0.29, 0.717) is 63.3 Å². The largest absolute Gasteiger partial charge is 0.481 e. The van der Waals surface area contributed by atoms with Gasteiger partial charge in [0, 0.05) is 46.3 Å². The van der Waals surface area contributed by atoms with E-state index in [9.17, 15) is 4.79 Å². The minimum atomic E-state index is 0.140. The summed E-state index contributed by atoms with van der Waals surface area (Å²) in [5, 5.41) is 7.35. The van der Waals surface area contributed by atoms with Crippen LogP contribution in [-0.2, 0) is 11.2 Å². The summed E-state index contributed by atoms with van der Waals surface area (Å²) < 4.78 is 11.2. The Hall–Kier alpha value is -4.21. The van der Waals surface area contributed by atoms with Crippen molar-refractivity contribution in [2.24, 2.45) is 4.99 Å². The molecule has 1 saturated heterocycles. The maximum absolute atomic E-state index is 11.5. The summed E-state index contributed by atoms with van der Waals surface area (Å²) in [5.41, 5.74) is 5.82. The lowest BCUT2D eigenvalue weighted by Crippen LogP contribution is -2.28. The third-order valence-corrected chi connectivity index (χ3v) is 8.93. The fraction of sp³-hybridized carbons (Fsp3) is 0.324. The summed E-state index contributed by atoms with van der Waals surface area (Å²) in [7, 11) is 3.19. The monoisotopic (exact) mass is 644 g/mol. The molecule has 232 valence electrons. The maximum Gasteiger partial charge on any atom is 0.244 e. The fourth-order valence-corrected chi connectivity index (χ4v) is 6.45. The molecule has 2 aliphatic rings. The number of benzene rings is 2. The second-order valence-electron chi connectivity index (χ2n) is 11.2. The SMILES string of the molecule is COc1nc(-c2cccc(-c3cccc(-c4cnc(C5=NC[C@H](C)N5)c(OC)n4)c3Cl)c2Cl)ccc1CCC[C@@H]1CCC(=O)N1. The number of hydrogen-bond acceptors (Lipinski definition) is 8. The Bertz CT molecular complexity index is 1780. The Morgan fingerprint density at radius 3 is 2.16 bits per heavy atom. The molecule has 0 radical (unpaired) electrons. The van der Waals surface area contributed by atoms with E-state index in [-0.39, 0.29) is 18.0 Å². The molecule has 0 bridgehead atoms. The van der Waals surface area contributed by atoms with Crippen molar-refractivity contribution in [3.05, 3.63) is 76.0 Å². The first-order valence-corrected chi connectivity index (χ1v) is 15.8. The Labute approximate surface area is 272 Å². The van der Waals surface area contributed by atoms with E-state index in [1.807, 2.05) is 48.5 Å². The first kappa shape index (κ1) is 30.8. The number of nitrogens with one attached hydrogen (secondary N) is 2. The number of carbonyl (C=O) groups excluding carboxylic acids is 1. The van der Waals surface area contributed by atoms with Crippen molar-refractivity contribution < 1.29 is 14.3 Å². The number of amidine groups is 1. The predicted molar refractivity (Wildman–Crippen MR) is 177 cm³/mol. The summed E-state index contributed by atoms with van der Waals surface area (Å²) in [6, 6.07) is 16.0. The third-order valence-electron chi connectivity index (χ3n) is 8.12. The maximum atomic E-state index is 11.5. The van der Waals surface area contributed by atoms with Gasteiger partial charge in [0.2, 0.25) is 17.7 Å². The van der Waals surface area contributed by atoms with Crippen LogP contribution < -0.4 is 20.1 Å². The number of ether oxygens (including phenoxy) is 2. The van der Waals surface area contributed by atoms with E-state index in [1.54, 1.807) is 20.4 Å². The van der Waals surface area contributed by atoms with E-state index in [1.165, 1.54) is 0 Å². The van der Waals surface area contributed by atoms with E-state index in [4.69, 9.17) is 42.6 Å². The molecule has 11 heteroatoms. The topological polar surface area (TPSA) is 111 Å². The van der Waals surface area contributed by atoms with E-state index < -0.39 is 0 Å². The van der Waals surface area contributed by atoms with Crippen LogP contribution in [0.1, 0.15) is 43.9 Å². The van der Waals surface area contributed by atoms with E-state index in [2.05, 4.69) is 27.5 Å². The standard InChI is InChI=1S/C34H34Cl2N6O3/c1-19-17-38-32(39-19)31-34(45-3)42-27(18-37-31)25-12-6-10-23(30(25)36)22-9-5-11-24(29(22)35)26-15-13-20(33(41-26)44-2)7-4-8-21-14-16-28(43)40-21/h5-6,9-13,15,18-19,21H,4,7-8,14,16-17H2,1-3H3,(H,38,39)(H,40,43)/t19-,21+/m0/s1. The number of carbonyl (C=O) groups is 1. The number of aliphatic imine (C=N–C) groups is 1. The summed E-state index contributed by atoms with van der Waals surface area (Å²) in [4.78, 5) is 30.2. The number of methoxy groups -OCH3 is 2. The van der Waals surface area contributed by atoms with Crippen LogP contribution >= 0.6 is 23.2 Å². The highest BCUT2D eigenvalue weighted by atomic mass is 35.5. The molecule has 6 rings (SSSR count). The van der Waals surface area contributed by atoms with Crippen molar-refractivity contribution in [2.75, 3.05) is 20.8 Å². The summed E-state index contributed by atoms with van der Waals surface area (Å²) in [5.74, 6) is 1.73. The van der Waals surface area contributed by atoms with E-state index in [0.717, 1.165) is 47.9 Å². The Balaban J connectivity index is 1.27. The van der Waals surface area contributed by atoms with Crippen molar-refractivity contribution in [3.63, 3.8) is 0 Å². The van der Waals surface area contributed by atoms with Gasteiger partial charge in [0.25, 0.3) is 0 Å². The lowest BCUT2D eigenvalue weighted by atomic mass is 9.98. The normalized spacial score (nSPS) is 17.5. The molecule has 2 N–H and O–H groups in total. The lowest BCUT2D eigenvalue weighted by molar-refractivity contribution is -0.119. The molecule has 2 aromatic heterocycles. The van der Waals surface area contributed by atoms with E-state index >= 15 is 0 Å². The Morgan fingerprint density at radius 1 is 0.867 bits per heavy atom. The quantitative estimate of drug-likeness (QED) is 0.202. The van der Waals surface area contributed by atoms with Gasteiger partial charge < -0.3 is 20.1 Å². The number of amides is 1. The van der Waals surface area contributed by atoms with Gasteiger partial charge in [-0.1, -0.05) is 65.7 Å². The number of aromatic nitrogens is 3. The molecule has 1 amide bonds. The number of hydrogen-bond donors (Lipinski definition) is 2. The summed E-state index contributed by atoms with van der Waals surface area (Å²) in [6.07, 6.45) is 5.85. The van der Waals surface area contributed by atoms with Gasteiger partial charge in [0.05, 0.1) is 48.4 Å². The highest BCUT2D eigenvalue weighted by Gasteiger charge is 2.23. The number of halogens is 2. The van der Waals surface area contributed by atoms with Gasteiger partial charge in [-0.2, -0.15) is 0 Å². The van der Waals surface area contributed by atoms with Crippen LogP contribution in [0.4, 0.5) is 0 Å². The molecule has 0 spiro atoms. The average Bonchev–Trinajstić information content (AvgIpc) is 3.68. The lowest BCUT2D eigenvalue weighted by Gasteiger charge is -2.15. The highest BCUT2D eigenvalue weighted by molar-refractivity contribution is 6.39. The first-order valence-electron chi connectivity index (χ1n) is 15.0. The van der Waals surface area contributed by atoms with Crippen molar-refractivity contribution in [3.8, 4) is 45.4 Å². The van der Waals surface area contributed by atoms with Crippen LogP contribution in [0.3, 0.4) is 0 Å². The Kier molecular flexibility index (Phi) is 9.19. The number of nitrogens with zero attached hydrogens (tertiary/aromatic N) is 4. The molecule has 1 fully saturated rings. The van der Waals surface area contributed by atoms with Gasteiger partial charge in [-0.25, -0.2) is 15.0 Å². The molecule has 9 nitrogen and oxygen atoms in total. The van der Waals surface area contributed by atoms with Gasteiger partial charge in [-0.05, 0) is 38.7 Å². The molecule has 2 aliphatic heterocycles. The second kappa shape index (κ2) is 13.4. The van der Waals surface area contributed by atoms with Crippen molar-refractivity contribution in [1.82, 2.24) is 25.6 Å². The molecule has 45 heavy (non-hydrogen) atoms. The number of aryl methyl sites for hydroxylation is 1. The van der Waals surface area contributed by atoms with Gasteiger partial charge in [0.1, 0.15) is 0 Å². The Morgan fingerprint density at radius 2 is 1.53 bits per heavy atom. The van der Waals surface area contributed by atoms with Crippen LogP contribution in [0, 0.1) is 0 Å². The predicted octanol–water partition coefficient (Wildman–Crippen LogP) is 6.54. The fourth-order valence-electron chi connectivity index (χ4n) is 5.80. The summed E-state index contributed by atoms with van der Waals surface area (Å²) >= 11 is 14.1. The minimum Gasteiger partial charge on any atom is -0.481 e. The zero-order valence-electron chi connectivity index (χ0n) is 25.4. The van der Waals surface area contributed by atoms with Gasteiger partial charge >= 0.3 is 0 Å². The first-order chi connectivity index (χ1) is 21.9. The van der Waals surface area contributed by atoms with Crippen molar-refractivity contribution >= 4 is 34.9 Å². The van der Waals surface area contributed by atoms with Crippen LogP contribution in [-0.4, -0.2) is 59.5 Å². The third kappa shape index (κ3) is 6.46. The van der Waals surface area contributed by atoms with Gasteiger partial charge in [-0.3, -0.25) is 9.79 Å². The second-order valence-corrected chi connectivity index (χ2v) is 12.0. The van der Waals surface area contributed by atoms with Gasteiger partial charge in [-0.15, -0.1) is 0 Å². The van der Waals surface area contributed by atoms with Gasteiger partial charge in [0.15, 0.2) is 11.5 Å². The molecule has 0 saturated carbocycles. The molecule has 2 aromatic carbocycles. The smallest absolute Gasteiger partial charge is 0.244 e.